The fourth-order valence-corrected chi connectivity index (χ4v) is 5.46. The van der Waals surface area contributed by atoms with Crippen molar-refractivity contribution in [3.8, 4) is 5.75 Å². The Morgan fingerprint density at radius 1 is 1.00 bits per heavy atom. The second-order valence-corrected chi connectivity index (χ2v) is 9.65. The Morgan fingerprint density at radius 2 is 1.78 bits per heavy atom. The molecule has 1 aliphatic heterocycles. The highest BCUT2D eigenvalue weighted by atomic mass is 16.5. The third-order valence-corrected chi connectivity index (χ3v) is 7.34. The van der Waals surface area contributed by atoms with Gasteiger partial charge in [0.25, 0.3) is 0 Å². The molecule has 1 aliphatic carbocycles. The average Bonchev–Trinajstić information content (AvgIpc) is 2.82. The van der Waals surface area contributed by atoms with Crippen molar-refractivity contribution in [3.63, 3.8) is 0 Å². The van der Waals surface area contributed by atoms with Crippen LogP contribution in [-0.2, 0) is 11.4 Å². The fraction of sp³-hybridized carbons (Fsp3) is 0.536. The molecule has 4 nitrogen and oxygen atoms in total. The van der Waals surface area contributed by atoms with E-state index in [1.54, 1.807) is 0 Å². The molecule has 0 unspecified atom stereocenters. The van der Waals surface area contributed by atoms with Gasteiger partial charge in [0.15, 0.2) is 0 Å². The van der Waals surface area contributed by atoms with Gasteiger partial charge in [-0.15, -0.1) is 0 Å². The predicted molar refractivity (Wildman–Crippen MR) is 128 cm³/mol. The summed E-state index contributed by atoms with van der Waals surface area (Å²) in [7, 11) is 0. The van der Waals surface area contributed by atoms with E-state index in [0.717, 1.165) is 37.6 Å². The molecule has 0 amide bonds. The summed E-state index contributed by atoms with van der Waals surface area (Å²) in [6.45, 7) is 5.43. The second-order valence-electron chi connectivity index (χ2n) is 9.65. The number of rotatable bonds is 8. The molecule has 2 fully saturated rings. The summed E-state index contributed by atoms with van der Waals surface area (Å²) < 4.78 is 6.17. The number of hydrogen-bond acceptors (Lipinski definition) is 3. The van der Waals surface area contributed by atoms with Crippen molar-refractivity contribution < 1.29 is 14.6 Å². The van der Waals surface area contributed by atoms with Gasteiger partial charge in [-0.3, -0.25) is 4.79 Å². The van der Waals surface area contributed by atoms with Gasteiger partial charge >= 0.3 is 5.97 Å². The molecule has 1 saturated carbocycles. The average molecular weight is 436 g/mol. The zero-order valence-corrected chi connectivity index (χ0v) is 19.4. The normalized spacial score (nSPS) is 18.5. The minimum Gasteiger partial charge on any atom is -0.489 e. The third-order valence-electron chi connectivity index (χ3n) is 7.34. The summed E-state index contributed by atoms with van der Waals surface area (Å²) in [5.41, 5.74) is 5.46. The van der Waals surface area contributed by atoms with Crippen LogP contribution in [0, 0.1) is 6.92 Å². The van der Waals surface area contributed by atoms with Crippen LogP contribution in [0.4, 0.5) is 0 Å². The van der Waals surface area contributed by atoms with E-state index < -0.39 is 5.97 Å². The summed E-state index contributed by atoms with van der Waals surface area (Å²) >= 11 is 0. The Labute approximate surface area is 192 Å². The molecule has 0 radical (unpaired) electrons. The quantitative estimate of drug-likeness (QED) is 0.530. The number of carbonyl (C=O) groups is 1. The molecule has 32 heavy (non-hydrogen) atoms. The van der Waals surface area contributed by atoms with Gasteiger partial charge in [0.1, 0.15) is 12.4 Å². The molecule has 2 aliphatic rings. The lowest BCUT2D eigenvalue weighted by Gasteiger charge is -2.32. The maximum Gasteiger partial charge on any atom is 0.304 e. The van der Waals surface area contributed by atoms with Gasteiger partial charge in [0.2, 0.25) is 0 Å². The second kappa shape index (κ2) is 11.0. The molecule has 0 atom stereocenters. The van der Waals surface area contributed by atoms with Crippen LogP contribution in [0.2, 0.25) is 0 Å². The van der Waals surface area contributed by atoms with Crippen LogP contribution < -0.4 is 4.74 Å². The van der Waals surface area contributed by atoms with Crippen LogP contribution in [-0.4, -0.2) is 35.6 Å². The minimum absolute atomic E-state index is 0.235. The van der Waals surface area contributed by atoms with Gasteiger partial charge in [-0.2, -0.15) is 0 Å². The van der Waals surface area contributed by atoms with E-state index in [0.29, 0.717) is 19.1 Å². The van der Waals surface area contributed by atoms with Gasteiger partial charge in [-0.1, -0.05) is 49.6 Å². The first-order chi connectivity index (χ1) is 15.6. The first kappa shape index (κ1) is 22.8. The van der Waals surface area contributed by atoms with Crippen LogP contribution in [0.1, 0.15) is 85.5 Å². The number of benzene rings is 2. The zero-order valence-electron chi connectivity index (χ0n) is 19.4. The molecular weight excluding hydrogens is 398 g/mol. The molecule has 0 spiro atoms. The van der Waals surface area contributed by atoms with Gasteiger partial charge in [0, 0.05) is 6.54 Å². The largest absolute Gasteiger partial charge is 0.489 e. The number of aryl methyl sites for hydroxylation is 1. The Kier molecular flexibility index (Phi) is 7.85. The standard InChI is InChI=1S/C28H37NO3/c1-21-18-26(10-11-27(21)24-7-3-2-4-8-24)32-20-22-6-5-9-25(19-22)23-12-15-29(16-13-23)17-14-28(30)31/h5-6,9-11,18-19,23-24H,2-4,7-8,12-17,20H2,1H3,(H,30,31). The van der Waals surface area contributed by atoms with Crippen molar-refractivity contribution in [1.82, 2.24) is 4.90 Å². The molecule has 0 aromatic heterocycles. The van der Waals surface area contributed by atoms with E-state index in [2.05, 4.69) is 54.3 Å². The van der Waals surface area contributed by atoms with Gasteiger partial charge in [-0.25, -0.2) is 0 Å². The van der Waals surface area contributed by atoms with Crippen LogP contribution in [0.25, 0.3) is 0 Å². The van der Waals surface area contributed by atoms with Crippen LogP contribution in [0.5, 0.6) is 5.75 Å². The van der Waals surface area contributed by atoms with Crippen LogP contribution >= 0.6 is 0 Å². The summed E-state index contributed by atoms with van der Waals surface area (Å²) in [6, 6.07) is 15.4. The van der Waals surface area contributed by atoms with Gasteiger partial charge < -0.3 is 14.7 Å². The number of ether oxygens (including phenoxy) is 1. The summed E-state index contributed by atoms with van der Waals surface area (Å²) in [5.74, 6) is 1.52. The molecule has 4 heteroatoms. The SMILES string of the molecule is Cc1cc(OCc2cccc(C3CCN(CCC(=O)O)CC3)c2)ccc1C1CCCCC1. The Morgan fingerprint density at radius 3 is 2.50 bits per heavy atom. The topological polar surface area (TPSA) is 49.8 Å². The van der Waals surface area contributed by atoms with E-state index in [-0.39, 0.29) is 6.42 Å². The first-order valence-corrected chi connectivity index (χ1v) is 12.3. The van der Waals surface area contributed by atoms with Crippen molar-refractivity contribution in [1.29, 1.82) is 0 Å². The monoisotopic (exact) mass is 435 g/mol. The summed E-state index contributed by atoms with van der Waals surface area (Å²) in [4.78, 5) is 13.1. The van der Waals surface area contributed by atoms with E-state index in [9.17, 15) is 4.79 Å². The molecular formula is C28H37NO3. The lowest BCUT2D eigenvalue weighted by atomic mass is 9.82. The van der Waals surface area contributed by atoms with Crippen molar-refractivity contribution in [2.75, 3.05) is 19.6 Å². The Bertz CT molecular complexity index is 895. The van der Waals surface area contributed by atoms with E-state index in [1.807, 2.05) is 0 Å². The maximum absolute atomic E-state index is 10.8. The number of aliphatic carboxylic acids is 1. The zero-order chi connectivity index (χ0) is 22.3. The summed E-state index contributed by atoms with van der Waals surface area (Å²) in [5, 5.41) is 8.89. The van der Waals surface area contributed by atoms with E-state index in [1.165, 1.54) is 54.4 Å². The molecule has 172 valence electrons. The fourth-order valence-electron chi connectivity index (χ4n) is 5.46. The highest BCUT2D eigenvalue weighted by Crippen LogP contribution is 2.35. The van der Waals surface area contributed by atoms with Crippen molar-refractivity contribution in [3.05, 3.63) is 64.7 Å². The molecule has 1 heterocycles. The van der Waals surface area contributed by atoms with Gasteiger partial charge in [0.05, 0.1) is 6.42 Å². The molecule has 2 aromatic rings. The summed E-state index contributed by atoms with van der Waals surface area (Å²) in [6.07, 6.45) is 9.18. The first-order valence-electron chi connectivity index (χ1n) is 12.3. The smallest absolute Gasteiger partial charge is 0.304 e. The van der Waals surface area contributed by atoms with Crippen LogP contribution in [0.3, 0.4) is 0 Å². The number of hydrogen-bond donors (Lipinski definition) is 1. The molecule has 2 aromatic carbocycles. The highest BCUT2D eigenvalue weighted by Gasteiger charge is 2.21. The number of carboxylic acids is 1. The maximum atomic E-state index is 10.8. The van der Waals surface area contributed by atoms with Crippen LogP contribution in [0.15, 0.2) is 42.5 Å². The van der Waals surface area contributed by atoms with Gasteiger partial charge in [-0.05, 0) is 91.9 Å². The number of piperidine rings is 1. The van der Waals surface area contributed by atoms with Crippen molar-refractivity contribution in [2.24, 2.45) is 0 Å². The number of likely N-dealkylation sites (tertiary alicyclic amines) is 1. The molecule has 1 N–H and O–H groups in total. The number of nitrogens with zero attached hydrogens (tertiary/aromatic N) is 1. The van der Waals surface area contributed by atoms with Crippen molar-refractivity contribution in [2.45, 2.75) is 76.7 Å². The minimum atomic E-state index is -0.710. The van der Waals surface area contributed by atoms with E-state index >= 15 is 0 Å². The molecule has 4 rings (SSSR count). The molecule has 0 bridgehead atoms. The lowest BCUT2D eigenvalue weighted by molar-refractivity contribution is -0.137. The predicted octanol–water partition coefficient (Wildman–Crippen LogP) is 6.28. The Balaban J connectivity index is 1.31. The number of carboxylic acid groups (broad SMARTS) is 1. The van der Waals surface area contributed by atoms with Crippen molar-refractivity contribution >= 4 is 5.97 Å². The highest BCUT2D eigenvalue weighted by molar-refractivity contribution is 5.66. The third kappa shape index (κ3) is 6.13. The molecule has 1 saturated heterocycles. The van der Waals surface area contributed by atoms with E-state index in [4.69, 9.17) is 9.84 Å². The Hall–Kier alpha value is -2.33. The lowest BCUT2D eigenvalue weighted by Crippen LogP contribution is -2.34.